The van der Waals surface area contributed by atoms with Gasteiger partial charge in [-0.3, -0.25) is 0 Å². The maximum atomic E-state index is 5.50. The zero-order valence-corrected chi connectivity index (χ0v) is 19.0. The van der Waals surface area contributed by atoms with Crippen LogP contribution < -0.4 is 0 Å². The van der Waals surface area contributed by atoms with Gasteiger partial charge >= 0.3 is 17.6 Å². The minimum atomic E-state index is -2.50. The van der Waals surface area contributed by atoms with Crippen LogP contribution in [0.2, 0.25) is 12.1 Å². The van der Waals surface area contributed by atoms with Crippen molar-refractivity contribution in [2.24, 2.45) is 0 Å². The predicted molar refractivity (Wildman–Crippen MR) is 106 cm³/mol. The van der Waals surface area contributed by atoms with E-state index in [0.717, 1.165) is 37.8 Å². The Morgan fingerprint density at radius 2 is 0.885 bits per heavy atom. The van der Waals surface area contributed by atoms with Crippen molar-refractivity contribution in [2.45, 2.75) is 37.8 Å². The molecule has 8 heteroatoms. The van der Waals surface area contributed by atoms with Crippen LogP contribution >= 0.6 is 0 Å². The number of rotatable bonds is 14. The summed E-state index contributed by atoms with van der Waals surface area (Å²) < 4.78 is 33.0. The third-order valence-electron chi connectivity index (χ3n) is 4.84. The molecule has 0 aromatic heterocycles. The van der Waals surface area contributed by atoms with E-state index in [9.17, 15) is 0 Å². The highest BCUT2D eigenvalue weighted by molar-refractivity contribution is 6.60. The molecule has 0 N–H and O–H groups in total. The molecular formula is C18H34O6Si2. The van der Waals surface area contributed by atoms with E-state index in [1.807, 2.05) is 0 Å². The number of aryl methyl sites for hydroxylation is 2. The topological polar surface area (TPSA) is 55.4 Å². The smallest absolute Gasteiger partial charge is 0.377 e. The highest BCUT2D eigenvalue weighted by Gasteiger charge is 2.37. The summed E-state index contributed by atoms with van der Waals surface area (Å²) in [6.45, 7) is 0. The van der Waals surface area contributed by atoms with Crippen LogP contribution in [0.5, 0.6) is 0 Å². The van der Waals surface area contributed by atoms with Gasteiger partial charge in [-0.25, -0.2) is 0 Å². The van der Waals surface area contributed by atoms with Crippen molar-refractivity contribution in [1.82, 2.24) is 0 Å². The van der Waals surface area contributed by atoms with Gasteiger partial charge in [0.2, 0.25) is 0 Å². The molecule has 0 unspecified atom stereocenters. The molecule has 0 fully saturated rings. The minimum absolute atomic E-state index is 0.803. The average molecular weight is 403 g/mol. The molecule has 150 valence electrons. The Hall–Kier alpha value is -0.586. The third kappa shape index (κ3) is 6.54. The van der Waals surface area contributed by atoms with Crippen molar-refractivity contribution >= 4 is 17.6 Å². The number of hydrogen-bond acceptors (Lipinski definition) is 6. The SMILES string of the molecule is CO[Si](CCCc1ccccc1CCC[Si](OC)(OC)OC)(OC)OC. The summed E-state index contributed by atoms with van der Waals surface area (Å²) in [5.41, 5.74) is 2.72. The van der Waals surface area contributed by atoms with E-state index in [1.54, 1.807) is 42.7 Å². The molecule has 0 radical (unpaired) electrons. The molecule has 0 saturated carbocycles. The molecule has 0 saturated heterocycles. The predicted octanol–water partition coefficient (Wildman–Crippen LogP) is 3.31. The van der Waals surface area contributed by atoms with E-state index in [2.05, 4.69) is 24.3 Å². The van der Waals surface area contributed by atoms with E-state index in [1.165, 1.54) is 11.1 Å². The van der Waals surface area contributed by atoms with Gasteiger partial charge in [-0.05, 0) is 36.8 Å². The second-order valence-corrected chi connectivity index (χ2v) is 12.2. The fraction of sp³-hybridized carbons (Fsp3) is 0.667. The van der Waals surface area contributed by atoms with Crippen LogP contribution in [0.25, 0.3) is 0 Å². The van der Waals surface area contributed by atoms with Crippen LogP contribution in [0.1, 0.15) is 24.0 Å². The first-order chi connectivity index (χ1) is 12.5. The van der Waals surface area contributed by atoms with E-state index in [4.69, 9.17) is 26.6 Å². The fourth-order valence-corrected chi connectivity index (χ4v) is 6.59. The molecule has 0 aliphatic rings. The van der Waals surface area contributed by atoms with Crippen molar-refractivity contribution in [3.8, 4) is 0 Å². The molecule has 1 aromatic carbocycles. The molecule has 1 aromatic rings. The van der Waals surface area contributed by atoms with Gasteiger partial charge in [0.25, 0.3) is 0 Å². The molecule has 26 heavy (non-hydrogen) atoms. The molecule has 0 spiro atoms. The maximum Gasteiger partial charge on any atom is 0.500 e. The van der Waals surface area contributed by atoms with E-state index >= 15 is 0 Å². The lowest BCUT2D eigenvalue weighted by atomic mass is 10.00. The Bertz CT molecular complexity index is 445. The summed E-state index contributed by atoms with van der Waals surface area (Å²) >= 11 is 0. The first-order valence-electron chi connectivity index (χ1n) is 8.92. The average Bonchev–Trinajstić information content (AvgIpc) is 2.70. The standard InChI is InChI=1S/C18H34O6Si2/c1-19-25(20-2,21-3)15-9-13-17-11-7-8-12-18(17)14-10-16-26(22-4,23-5)24-6/h7-8,11-12H,9-10,13-16H2,1-6H3. The zero-order valence-electron chi connectivity index (χ0n) is 17.0. The highest BCUT2D eigenvalue weighted by Crippen LogP contribution is 2.22. The molecular weight excluding hydrogens is 368 g/mol. The normalized spacial score (nSPS) is 12.5. The summed E-state index contributed by atoms with van der Waals surface area (Å²) in [6.07, 6.45) is 3.88. The number of hydrogen-bond donors (Lipinski definition) is 0. The van der Waals surface area contributed by atoms with Gasteiger partial charge in [0.1, 0.15) is 0 Å². The highest BCUT2D eigenvalue weighted by atomic mass is 28.4. The van der Waals surface area contributed by atoms with E-state index in [0.29, 0.717) is 0 Å². The van der Waals surface area contributed by atoms with Gasteiger partial charge in [-0.2, -0.15) is 0 Å². The molecule has 0 aliphatic carbocycles. The molecule has 0 bridgehead atoms. The molecule has 0 heterocycles. The second kappa shape index (κ2) is 12.0. The van der Waals surface area contributed by atoms with Crippen molar-refractivity contribution in [3.05, 3.63) is 35.4 Å². The van der Waals surface area contributed by atoms with Gasteiger partial charge in [0.05, 0.1) is 0 Å². The number of benzene rings is 1. The summed E-state index contributed by atoms with van der Waals surface area (Å²) in [5.74, 6) is 0. The lowest BCUT2D eigenvalue weighted by Crippen LogP contribution is -2.42. The largest absolute Gasteiger partial charge is 0.500 e. The molecule has 6 nitrogen and oxygen atoms in total. The van der Waals surface area contributed by atoms with Crippen molar-refractivity contribution in [3.63, 3.8) is 0 Å². The van der Waals surface area contributed by atoms with Crippen LogP contribution in [-0.2, 0) is 39.4 Å². The molecule has 0 atom stereocenters. The molecule has 0 aliphatic heterocycles. The van der Waals surface area contributed by atoms with Gasteiger partial charge in [-0.15, -0.1) is 0 Å². The molecule has 1 rings (SSSR count). The summed E-state index contributed by atoms with van der Waals surface area (Å²) in [5, 5.41) is 0. The lowest BCUT2D eigenvalue weighted by Gasteiger charge is -2.25. The first-order valence-corrected chi connectivity index (χ1v) is 12.8. The second-order valence-electron chi connectivity index (χ2n) is 6.07. The lowest BCUT2D eigenvalue weighted by molar-refractivity contribution is 0.122. The quantitative estimate of drug-likeness (QED) is 0.445. The summed E-state index contributed by atoms with van der Waals surface area (Å²) in [4.78, 5) is 0. The van der Waals surface area contributed by atoms with Crippen LogP contribution in [-0.4, -0.2) is 60.3 Å². The summed E-state index contributed by atoms with van der Waals surface area (Å²) in [7, 11) is 4.95. The minimum Gasteiger partial charge on any atom is -0.377 e. The van der Waals surface area contributed by atoms with Gasteiger partial charge < -0.3 is 26.6 Å². The Labute approximate surface area is 160 Å². The maximum absolute atomic E-state index is 5.50. The van der Waals surface area contributed by atoms with Crippen molar-refractivity contribution < 1.29 is 26.6 Å². The molecule has 0 amide bonds. The van der Waals surface area contributed by atoms with E-state index in [-0.39, 0.29) is 0 Å². The zero-order chi connectivity index (χ0) is 19.5. The van der Waals surface area contributed by atoms with Gasteiger partial charge in [0, 0.05) is 54.7 Å². The first kappa shape index (κ1) is 23.5. The summed E-state index contributed by atoms with van der Waals surface area (Å²) in [6, 6.07) is 10.2. The van der Waals surface area contributed by atoms with Crippen LogP contribution in [0, 0.1) is 0 Å². The Kier molecular flexibility index (Phi) is 10.8. The van der Waals surface area contributed by atoms with Crippen LogP contribution in [0.3, 0.4) is 0 Å². The Morgan fingerprint density at radius 1 is 0.577 bits per heavy atom. The Balaban J connectivity index is 2.62. The van der Waals surface area contributed by atoms with Gasteiger partial charge in [-0.1, -0.05) is 24.3 Å². The monoisotopic (exact) mass is 402 g/mol. The van der Waals surface area contributed by atoms with E-state index < -0.39 is 17.6 Å². The van der Waals surface area contributed by atoms with Crippen molar-refractivity contribution in [2.75, 3.05) is 42.7 Å². The fourth-order valence-electron chi connectivity index (χ4n) is 3.15. The van der Waals surface area contributed by atoms with Crippen LogP contribution in [0.4, 0.5) is 0 Å². The Morgan fingerprint density at radius 3 is 1.15 bits per heavy atom. The van der Waals surface area contributed by atoms with Gasteiger partial charge in [0.15, 0.2) is 0 Å². The third-order valence-corrected chi connectivity index (χ3v) is 10.5. The van der Waals surface area contributed by atoms with Crippen molar-refractivity contribution in [1.29, 1.82) is 0 Å². The van der Waals surface area contributed by atoms with Crippen LogP contribution in [0.15, 0.2) is 24.3 Å².